The lowest BCUT2D eigenvalue weighted by atomic mass is 9.85. The Hall–Kier alpha value is -1.89. The topological polar surface area (TPSA) is 303 Å². The summed E-state index contributed by atoms with van der Waals surface area (Å²) in [5.41, 5.74) is 0. The first-order valence-electron chi connectivity index (χ1n) is 23.9. The molecular weight excluding hydrogens is 937 g/mol. The zero-order valence-electron chi connectivity index (χ0n) is 39.5. The Morgan fingerprint density at radius 1 is 0.478 bits per heavy atom. The van der Waals surface area contributed by atoms with Crippen LogP contribution in [-0.4, -0.2) is 108 Å². The molecule has 0 aliphatic heterocycles. The number of aliphatic hydroxyl groups excluding tert-OH is 3. The standard InChI is InChI=1S/C45H81O19P3/c1-3-5-7-9-11-13-15-17-19-21-23-25-27-29-31-33-38(46)59-35-37(61-39(47)34-32-30-28-26-24-22-20-18-16-14-12-10-8-6-4-2)36-60-67(57,58)64-43-40(48)41(49)44(62-65(51,52)53)45(42(43)50)63-66(54,55)56/h12-15,18,20,24,26,37,40-45,48-50H,3-11,16-17,19,21-23,25,27-36H2,1-2H3,(H,57,58)(H2,51,52,53)(H2,54,55,56)/b14-12-,15-13-,20-18-,26-24-/t37-,40?,41?,42?,43+,44?,45+/m1/s1. The third kappa shape index (κ3) is 33.4. The van der Waals surface area contributed by atoms with E-state index in [2.05, 4.69) is 59.4 Å². The van der Waals surface area contributed by atoms with Crippen LogP contribution in [0.1, 0.15) is 168 Å². The first kappa shape index (κ1) is 63.1. The second-order valence-corrected chi connectivity index (χ2v) is 20.5. The van der Waals surface area contributed by atoms with Crippen LogP contribution in [0.5, 0.6) is 0 Å². The maximum absolute atomic E-state index is 13.1. The lowest BCUT2D eigenvalue weighted by Gasteiger charge is -2.44. The van der Waals surface area contributed by atoms with Crippen LogP contribution in [0, 0.1) is 0 Å². The quantitative estimate of drug-likeness (QED) is 0.0123. The molecule has 0 saturated heterocycles. The van der Waals surface area contributed by atoms with Crippen molar-refractivity contribution in [2.24, 2.45) is 0 Å². The summed E-state index contributed by atoms with van der Waals surface area (Å²) >= 11 is 0. The van der Waals surface area contributed by atoms with E-state index in [0.717, 1.165) is 70.6 Å². The number of allylic oxidation sites excluding steroid dienone is 8. The normalized spacial score (nSPS) is 22.0. The molecular formula is C45H81O19P3. The lowest BCUT2D eigenvalue weighted by molar-refractivity contribution is -0.213. The number of phosphoric acid groups is 3. The highest BCUT2D eigenvalue weighted by Gasteiger charge is 2.56. The van der Waals surface area contributed by atoms with Crippen molar-refractivity contribution in [2.75, 3.05) is 13.2 Å². The number of rotatable bonds is 40. The summed E-state index contributed by atoms with van der Waals surface area (Å²) in [6.45, 7) is 2.86. The molecule has 0 radical (unpaired) electrons. The van der Waals surface area contributed by atoms with E-state index in [1.165, 1.54) is 44.9 Å². The fraction of sp³-hybridized carbons (Fsp3) is 0.778. The van der Waals surface area contributed by atoms with Crippen LogP contribution < -0.4 is 0 Å². The number of unbranched alkanes of at least 4 members (excludes halogenated alkanes) is 16. The van der Waals surface area contributed by atoms with Gasteiger partial charge < -0.3 is 49.3 Å². The van der Waals surface area contributed by atoms with Gasteiger partial charge in [0.15, 0.2) is 6.10 Å². The van der Waals surface area contributed by atoms with Gasteiger partial charge in [0.05, 0.1) is 6.61 Å². The summed E-state index contributed by atoms with van der Waals surface area (Å²) in [4.78, 5) is 73.2. The molecule has 0 amide bonds. The zero-order valence-corrected chi connectivity index (χ0v) is 42.1. The van der Waals surface area contributed by atoms with Gasteiger partial charge in [-0.15, -0.1) is 0 Å². The van der Waals surface area contributed by atoms with Crippen molar-refractivity contribution in [3.8, 4) is 0 Å². The fourth-order valence-electron chi connectivity index (χ4n) is 6.99. The molecule has 8 atom stereocenters. The first-order valence-corrected chi connectivity index (χ1v) is 28.5. The minimum atomic E-state index is -5.61. The Bertz CT molecular complexity index is 1590. The minimum absolute atomic E-state index is 0.0525. The molecule has 0 bridgehead atoms. The Kier molecular flexibility index (Phi) is 34.8. The number of esters is 2. The molecule has 0 aromatic heterocycles. The van der Waals surface area contributed by atoms with Crippen LogP contribution in [0.25, 0.3) is 0 Å². The van der Waals surface area contributed by atoms with Gasteiger partial charge in [0.2, 0.25) is 0 Å². The molecule has 19 nitrogen and oxygen atoms in total. The number of ether oxygens (including phenoxy) is 2. The highest BCUT2D eigenvalue weighted by molar-refractivity contribution is 7.47. The SMILES string of the molecule is CCCCC/C=C\C/C=C\C/C=C\CCCCC(=O)O[C@H](COC(=O)CCCCCCCCC/C=C\CCCCCC)COP(=O)(O)O[C@H]1C(O)C(O)C(OP(=O)(O)O)[C@@H](OP(=O)(O)O)C1O. The second kappa shape index (κ2) is 37.0. The predicted molar refractivity (Wildman–Crippen MR) is 252 cm³/mol. The molecule has 0 heterocycles. The van der Waals surface area contributed by atoms with Crippen LogP contribution in [0.3, 0.4) is 0 Å². The minimum Gasteiger partial charge on any atom is -0.462 e. The molecule has 8 N–H and O–H groups in total. The third-order valence-corrected chi connectivity index (χ3v) is 12.6. The Morgan fingerprint density at radius 3 is 1.40 bits per heavy atom. The smallest absolute Gasteiger partial charge is 0.462 e. The van der Waals surface area contributed by atoms with Crippen LogP contribution in [0.4, 0.5) is 0 Å². The van der Waals surface area contributed by atoms with Crippen molar-refractivity contribution in [1.82, 2.24) is 0 Å². The number of aliphatic hydroxyl groups is 3. The van der Waals surface area contributed by atoms with Gasteiger partial charge in [0.1, 0.15) is 43.2 Å². The number of hydrogen-bond donors (Lipinski definition) is 8. The van der Waals surface area contributed by atoms with E-state index >= 15 is 0 Å². The van der Waals surface area contributed by atoms with Crippen molar-refractivity contribution in [3.05, 3.63) is 48.6 Å². The van der Waals surface area contributed by atoms with Crippen molar-refractivity contribution in [2.45, 2.75) is 211 Å². The van der Waals surface area contributed by atoms with Gasteiger partial charge in [0.25, 0.3) is 0 Å². The van der Waals surface area contributed by atoms with E-state index in [1.54, 1.807) is 0 Å². The summed E-state index contributed by atoms with van der Waals surface area (Å²) in [5, 5.41) is 31.9. The molecule has 22 heteroatoms. The molecule has 1 rings (SSSR count). The van der Waals surface area contributed by atoms with E-state index in [1.807, 2.05) is 12.2 Å². The van der Waals surface area contributed by atoms with Gasteiger partial charge in [-0.3, -0.25) is 27.7 Å². The van der Waals surface area contributed by atoms with Crippen molar-refractivity contribution in [3.63, 3.8) is 0 Å². The molecule has 1 saturated carbocycles. The highest BCUT2D eigenvalue weighted by Crippen LogP contribution is 2.51. The maximum Gasteiger partial charge on any atom is 0.472 e. The number of carbonyl (C=O) groups excluding carboxylic acids is 2. The predicted octanol–water partition coefficient (Wildman–Crippen LogP) is 8.62. The van der Waals surface area contributed by atoms with E-state index in [4.69, 9.17) is 18.5 Å². The number of carbonyl (C=O) groups is 2. The molecule has 1 aliphatic carbocycles. The average molecular weight is 1020 g/mol. The van der Waals surface area contributed by atoms with E-state index < -0.39 is 91.3 Å². The summed E-state index contributed by atoms with van der Waals surface area (Å²) in [6.07, 6.45) is 22.8. The van der Waals surface area contributed by atoms with Crippen molar-refractivity contribution >= 4 is 35.4 Å². The van der Waals surface area contributed by atoms with Crippen LogP contribution in [0.2, 0.25) is 0 Å². The Balaban J connectivity index is 2.77. The van der Waals surface area contributed by atoms with Crippen LogP contribution in [-0.2, 0) is 50.9 Å². The average Bonchev–Trinajstić information content (AvgIpc) is 3.25. The highest BCUT2D eigenvalue weighted by atomic mass is 31.2. The fourth-order valence-corrected chi connectivity index (χ4v) is 9.09. The number of hydrogen-bond acceptors (Lipinski definition) is 14. The van der Waals surface area contributed by atoms with Gasteiger partial charge >= 0.3 is 35.4 Å². The molecule has 5 unspecified atom stereocenters. The lowest BCUT2D eigenvalue weighted by Crippen LogP contribution is -2.65. The molecule has 1 aliphatic rings. The molecule has 67 heavy (non-hydrogen) atoms. The van der Waals surface area contributed by atoms with E-state index in [9.17, 15) is 63.1 Å². The summed E-state index contributed by atoms with van der Waals surface area (Å²) in [7, 11) is -16.6. The van der Waals surface area contributed by atoms with E-state index in [0.29, 0.717) is 25.7 Å². The first-order chi connectivity index (χ1) is 31.8. The molecule has 0 aromatic rings. The maximum atomic E-state index is 13.1. The number of phosphoric ester groups is 3. The summed E-state index contributed by atoms with van der Waals surface area (Å²) in [5.74, 6) is -1.35. The van der Waals surface area contributed by atoms with Crippen LogP contribution in [0.15, 0.2) is 48.6 Å². The summed E-state index contributed by atoms with van der Waals surface area (Å²) in [6, 6.07) is 0. The van der Waals surface area contributed by atoms with Gasteiger partial charge in [-0.25, -0.2) is 13.7 Å². The molecule has 0 aromatic carbocycles. The second-order valence-electron chi connectivity index (χ2n) is 16.7. The van der Waals surface area contributed by atoms with Gasteiger partial charge in [-0.05, 0) is 77.0 Å². The van der Waals surface area contributed by atoms with Crippen LogP contribution >= 0.6 is 23.5 Å². The van der Waals surface area contributed by atoms with Gasteiger partial charge in [0, 0.05) is 12.8 Å². The Morgan fingerprint density at radius 2 is 0.866 bits per heavy atom. The van der Waals surface area contributed by atoms with Crippen molar-refractivity contribution < 1.29 is 90.6 Å². The Labute approximate surface area is 397 Å². The molecule has 390 valence electrons. The molecule has 1 fully saturated rings. The largest absolute Gasteiger partial charge is 0.472 e. The summed E-state index contributed by atoms with van der Waals surface area (Å²) < 4.78 is 65.4. The molecule has 0 spiro atoms. The zero-order chi connectivity index (χ0) is 50.0. The van der Waals surface area contributed by atoms with Crippen molar-refractivity contribution in [1.29, 1.82) is 0 Å². The third-order valence-electron chi connectivity index (χ3n) is 10.6. The van der Waals surface area contributed by atoms with Gasteiger partial charge in [-0.1, -0.05) is 127 Å². The van der Waals surface area contributed by atoms with E-state index in [-0.39, 0.29) is 12.8 Å². The monoisotopic (exact) mass is 1020 g/mol. The van der Waals surface area contributed by atoms with Gasteiger partial charge in [-0.2, -0.15) is 0 Å².